The fraction of sp³-hybridized carbons (Fsp3) is 0.458. The van der Waals surface area contributed by atoms with Crippen molar-refractivity contribution in [3.63, 3.8) is 0 Å². The fourth-order valence-corrected chi connectivity index (χ4v) is 4.21. The Bertz CT molecular complexity index is 730. The zero-order chi connectivity index (χ0) is 20.1. The molecule has 1 heterocycles. The van der Waals surface area contributed by atoms with Crippen LogP contribution in [-0.4, -0.2) is 42.6 Å². The smallest absolute Gasteiger partial charge is 0.221 e. The molecule has 0 aromatic heterocycles. The zero-order valence-corrected chi connectivity index (χ0v) is 17.2. The van der Waals surface area contributed by atoms with Crippen LogP contribution in [0.5, 0.6) is 0 Å². The molecule has 0 atom stereocenters. The molecule has 1 aliphatic heterocycles. The van der Waals surface area contributed by atoms with Crippen molar-refractivity contribution in [1.82, 2.24) is 10.2 Å². The lowest BCUT2D eigenvalue weighted by molar-refractivity contribution is -0.121. The number of hydrogen-bond donors (Lipinski definition) is 2. The molecular weight excluding hydrogens is 348 g/mol. The van der Waals surface area contributed by atoms with Crippen LogP contribution in [0, 0.1) is 19.8 Å². The van der Waals surface area contributed by atoms with Crippen molar-refractivity contribution in [2.45, 2.75) is 38.7 Å². The Hall–Kier alpha value is -2.17. The van der Waals surface area contributed by atoms with Crippen LogP contribution in [-0.2, 0) is 10.4 Å². The van der Waals surface area contributed by atoms with E-state index >= 15 is 0 Å². The second-order valence-electron chi connectivity index (χ2n) is 8.04. The number of aliphatic hydroxyl groups is 1. The van der Waals surface area contributed by atoms with Crippen molar-refractivity contribution in [3.05, 3.63) is 70.8 Å². The van der Waals surface area contributed by atoms with Gasteiger partial charge in [0, 0.05) is 20.0 Å². The molecule has 150 valence electrons. The van der Waals surface area contributed by atoms with Crippen molar-refractivity contribution in [1.29, 1.82) is 0 Å². The number of nitrogens with one attached hydrogen (secondary N) is 1. The number of carbonyl (C=O) groups is 1. The highest BCUT2D eigenvalue weighted by Gasteiger charge is 2.41. The van der Waals surface area contributed by atoms with Crippen LogP contribution < -0.4 is 5.32 Å². The minimum absolute atomic E-state index is 0.0814. The van der Waals surface area contributed by atoms with Gasteiger partial charge in [-0.05, 0) is 56.8 Å². The molecule has 1 fully saturated rings. The minimum atomic E-state index is -0.992. The van der Waals surface area contributed by atoms with E-state index in [4.69, 9.17) is 0 Å². The van der Waals surface area contributed by atoms with Gasteiger partial charge >= 0.3 is 0 Å². The Morgan fingerprint density at radius 1 is 1.00 bits per heavy atom. The highest BCUT2D eigenvalue weighted by molar-refractivity contribution is 5.75. The molecule has 1 aliphatic rings. The molecule has 0 aliphatic carbocycles. The molecule has 0 bridgehead atoms. The Morgan fingerprint density at radius 3 is 1.89 bits per heavy atom. The molecule has 28 heavy (non-hydrogen) atoms. The van der Waals surface area contributed by atoms with E-state index in [1.165, 1.54) is 11.1 Å². The van der Waals surface area contributed by atoms with Gasteiger partial charge in [0.2, 0.25) is 5.91 Å². The third kappa shape index (κ3) is 4.45. The van der Waals surface area contributed by atoms with Crippen molar-refractivity contribution >= 4 is 5.91 Å². The van der Waals surface area contributed by atoms with Gasteiger partial charge < -0.3 is 15.3 Å². The van der Waals surface area contributed by atoms with E-state index in [0.717, 1.165) is 43.6 Å². The molecule has 0 radical (unpaired) electrons. The highest BCUT2D eigenvalue weighted by Crippen LogP contribution is 2.42. The third-order valence-corrected chi connectivity index (χ3v) is 6.10. The average molecular weight is 381 g/mol. The lowest BCUT2D eigenvalue weighted by atomic mass is 9.72. The van der Waals surface area contributed by atoms with Crippen molar-refractivity contribution in [2.24, 2.45) is 5.92 Å². The maximum absolute atomic E-state index is 12.0. The number of amides is 1. The summed E-state index contributed by atoms with van der Waals surface area (Å²) in [6.45, 7) is 6.72. The molecule has 4 heteroatoms. The SMILES string of the molecule is CNC(=O)CCN1CCC(C(O)(c2ccc(C)cc2)c2ccc(C)cc2)CC1. The Morgan fingerprint density at radius 2 is 1.46 bits per heavy atom. The summed E-state index contributed by atoms with van der Waals surface area (Å²) < 4.78 is 0. The Labute approximate surface area is 168 Å². The lowest BCUT2D eigenvalue weighted by Gasteiger charge is -2.42. The molecule has 2 N–H and O–H groups in total. The number of hydrogen-bond acceptors (Lipinski definition) is 3. The van der Waals surface area contributed by atoms with Crippen LogP contribution in [0.15, 0.2) is 48.5 Å². The van der Waals surface area contributed by atoms with Gasteiger partial charge in [-0.2, -0.15) is 0 Å². The minimum Gasteiger partial charge on any atom is -0.380 e. The summed E-state index contributed by atoms with van der Waals surface area (Å²) in [7, 11) is 1.68. The average Bonchev–Trinajstić information content (AvgIpc) is 2.73. The van der Waals surface area contributed by atoms with Gasteiger partial charge in [-0.15, -0.1) is 0 Å². The normalized spacial score (nSPS) is 16.1. The maximum atomic E-state index is 12.0. The number of carbonyl (C=O) groups excluding carboxylic acids is 1. The molecule has 0 spiro atoms. The summed E-state index contributed by atoms with van der Waals surface area (Å²) in [5.41, 5.74) is 3.32. The van der Waals surface area contributed by atoms with Gasteiger partial charge in [0.25, 0.3) is 0 Å². The molecule has 1 amide bonds. The van der Waals surface area contributed by atoms with Gasteiger partial charge in [0.15, 0.2) is 0 Å². The van der Waals surface area contributed by atoms with Gasteiger partial charge in [-0.1, -0.05) is 59.7 Å². The fourth-order valence-electron chi connectivity index (χ4n) is 4.21. The quantitative estimate of drug-likeness (QED) is 0.808. The summed E-state index contributed by atoms with van der Waals surface area (Å²) in [5, 5.41) is 14.7. The van der Waals surface area contributed by atoms with E-state index < -0.39 is 5.60 Å². The third-order valence-electron chi connectivity index (χ3n) is 6.10. The first kappa shape index (κ1) is 20.6. The summed E-state index contributed by atoms with van der Waals surface area (Å²) >= 11 is 0. The molecule has 2 aromatic carbocycles. The topological polar surface area (TPSA) is 52.6 Å². The second-order valence-corrected chi connectivity index (χ2v) is 8.04. The van der Waals surface area contributed by atoms with Crippen molar-refractivity contribution in [3.8, 4) is 0 Å². The molecule has 0 unspecified atom stereocenters. The van der Waals surface area contributed by atoms with Crippen LogP contribution in [0.25, 0.3) is 0 Å². The first-order valence-corrected chi connectivity index (χ1v) is 10.2. The van der Waals surface area contributed by atoms with Crippen LogP contribution in [0.4, 0.5) is 0 Å². The van der Waals surface area contributed by atoms with Gasteiger partial charge in [0.05, 0.1) is 0 Å². The molecule has 4 nitrogen and oxygen atoms in total. The summed E-state index contributed by atoms with van der Waals surface area (Å²) in [5.74, 6) is 0.229. The first-order valence-electron chi connectivity index (χ1n) is 10.2. The van der Waals surface area contributed by atoms with E-state index in [2.05, 4.69) is 72.6 Å². The van der Waals surface area contributed by atoms with E-state index in [9.17, 15) is 9.90 Å². The van der Waals surface area contributed by atoms with Crippen LogP contribution in [0.2, 0.25) is 0 Å². The summed E-state index contributed by atoms with van der Waals surface area (Å²) in [6.07, 6.45) is 2.35. The number of nitrogens with zero attached hydrogens (tertiary/aromatic N) is 1. The van der Waals surface area contributed by atoms with E-state index in [1.807, 2.05) is 0 Å². The first-order chi connectivity index (χ1) is 13.4. The maximum Gasteiger partial charge on any atom is 0.221 e. The number of rotatable bonds is 6. The molecule has 1 saturated heterocycles. The summed E-state index contributed by atoms with van der Waals surface area (Å²) in [6, 6.07) is 16.6. The van der Waals surface area contributed by atoms with E-state index in [0.29, 0.717) is 6.42 Å². The van der Waals surface area contributed by atoms with E-state index in [-0.39, 0.29) is 11.8 Å². The van der Waals surface area contributed by atoms with Gasteiger partial charge in [-0.3, -0.25) is 4.79 Å². The van der Waals surface area contributed by atoms with Gasteiger partial charge in [0.1, 0.15) is 5.60 Å². The number of aryl methyl sites for hydroxylation is 2. The van der Waals surface area contributed by atoms with Gasteiger partial charge in [-0.25, -0.2) is 0 Å². The molecular formula is C24H32N2O2. The molecule has 0 saturated carbocycles. The monoisotopic (exact) mass is 380 g/mol. The summed E-state index contributed by atoms with van der Waals surface area (Å²) in [4.78, 5) is 13.9. The van der Waals surface area contributed by atoms with Crippen LogP contribution >= 0.6 is 0 Å². The predicted molar refractivity (Wildman–Crippen MR) is 113 cm³/mol. The number of piperidine rings is 1. The Kier molecular flexibility index (Phi) is 6.53. The van der Waals surface area contributed by atoms with E-state index in [1.54, 1.807) is 7.05 Å². The van der Waals surface area contributed by atoms with Crippen LogP contribution in [0.3, 0.4) is 0 Å². The lowest BCUT2D eigenvalue weighted by Crippen LogP contribution is -2.45. The van der Waals surface area contributed by atoms with Crippen LogP contribution in [0.1, 0.15) is 41.5 Å². The number of benzene rings is 2. The standard InChI is InChI=1S/C24H32N2O2/c1-18-4-8-20(9-5-18)24(28,21-10-6-19(2)7-11-21)22-12-15-26(16-13-22)17-14-23(27)25-3/h4-11,22,28H,12-17H2,1-3H3,(H,25,27). The molecule has 3 rings (SSSR count). The Balaban J connectivity index is 1.81. The molecule has 2 aromatic rings. The zero-order valence-electron chi connectivity index (χ0n) is 17.2. The van der Waals surface area contributed by atoms with Crippen molar-refractivity contribution in [2.75, 3.05) is 26.7 Å². The predicted octanol–water partition coefficient (Wildman–Crippen LogP) is 3.39. The highest BCUT2D eigenvalue weighted by atomic mass is 16.3. The van der Waals surface area contributed by atoms with Crippen molar-refractivity contribution < 1.29 is 9.90 Å². The number of likely N-dealkylation sites (tertiary alicyclic amines) is 1. The second kappa shape index (κ2) is 8.89. The largest absolute Gasteiger partial charge is 0.380 e.